The number of benzene rings is 2. The summed E-state index contributed by atoms with van der Waals surface area (Å²) in [7, 11) is -1.20. The van der Waals surface area contributed by atoms with Crippen LogP contribution in [0, 0.1) is 0 Å². The minimum atomic E-state index is -1.20. The lowest BCUT2D eigenvalue weighted by atomic mass is 10.0. The molecule has 0 aromatic heterocycles. The van der Waals surface area contributed by atoms with E-state index in [1.54, 1.807) is 24.3 Å². The molecule has 0 unspecified atom stereocenters. The van der Waals surface area contributed by atoms with E-state index in [0.29, 0.717) is 18.6 Å². The Morgan fingerprint density at radius 1 is 0.880 bits per heavy atom. The molecule has 0 amide bonds. The fourth-order valence-corrected chi connectivity index (χ4v) is 3.01. The average Bonchev–Trinajstić information content (AvgIpc) is 2.54. The first kappa shape index (κ1) is 18.9. The van der Waals surface area contributed by atoms with Crippen LogP contribution in [0.1, 0.15) is 31.8 Å². The molecule has 0 fully saturated rings. The summed E-state index contributed by atoms with van der Waals surface area (Å²) in [5, 5.41) is 8.91. The Bertz CT molecular complexity index is 728. The van der Waals surface area contributed by atoms with Crippen LogP contribution < -0.4 is 0 Å². The standard InChI is InChI=1S/C20H24O4Si/c1-25(2,3)13-12-24-20(23)18-10-6-16(7-11-18)14-15-4-8-17(9-5-15)19(21)22/h4-11H,12-14H2,1-3H3,(H,21,22). The number of carbonyl (C=O) groups excluding carboxylic acids is 1. The first-order valence-electron chi connectivity index (χ1n) is 8.33. The van der Waals surface area contributed by atoms with Crippen LogP contribution in [0.3, 0.4) is 0 Å². The fraction of sp³-hybridized carbons (Fsp3) is 0.300. The Kier molecular flexibility index (Phi) is 6.15. The third-order valence-corrected chi connectivity index (χ3v) is 5.59. The van der Waals surface area contributed by atoms with Gasteiger partial charge in [-0.05, 0) is 47.9 Å². The quantitative estimate of drug-likeness (QED) is 0.587. The highest BCUT2D eigenvalue weighted by Crippen LogP contribution is 2.14. The number of esters is 1. The molecule has 2 rings (SSSR count). The molecule has 0 heterocycles. The van der Waals surface area contributed by atoms with Gasteiger partial charge in [0.25, 0.3) is 0 Å². The molecule has 132 valence electrons. The highest BCUT2D eigenvalue weighted by molar-refractivity contribution is 6.76. The predicted octanol–water partition coefficient (Wildman–Crippen LogP) is 4.47. The van der Waals surface area contributed by atoms with Crippen molar-refractivity contribution in [3.63, 3.8) is 0 Å². The minimum Gasteiger partial charge on any atom is -0.478 e. The van der Waals surface area contributed by atoms with Crippen molar-refractivity contribution in [1.82, 2.24) is 0 Å². The molecule has 0 bridgehead atoms. The molecule has 2 aromatic carbocycles. The van der Waals surface area contributed by atoms with Crippen LogP contribution in [0.5, 0.6) is 0 Å². The molecule has 0 spiro atoms. The molecule has 1 N–H and O–H groups in total. The number of aromatic carboxylic acids is 1. The van der Waals surface area contributed by atoms with Crippen molar-refractivity contribution < 1.29 is 19.4 Å². The maximum absolute atomic E-state index is 12.0. The first-order valence-corrected chi connectivity index (χ1v) is 12.0. The maximum atomic E-state index is 12.0. The lowest BCUT2D eigenvalue weighted by Crippen LogP contribution is -2.22. The summed E-state index contributed by atoms with van der Waals surface area (Å²) in [6.45, 7) is 7.22. The SMILES string of the molecule is C[Si](C)(C)CCOC(=O)c1ccc(Cc2ccc(C(=O)O)cc2)cc1. The van der Waals surface area contributed by atoms with Crippen LogP contribution in [-0.4, -0.2) is 31.7 Å². The molecule has 0 saturated carbocycles. The number of hydrogen-bond donors (Lipinski definition) is 1. The van der Waals surface area contributed by atoms with Gasteiger partial charge < -0.3 is 9.84 Å². The number of carbonyl (C=O) groups is 2. The van der Waals surface area contributed by atoms with E-state index in [-0.39, 0.29) is 11.5 Å². The smallest absolute Gasteiger partial charge is 0.338 e. The van der Waals surface area contributed by atoms with Crippen molar-refractivity contribution >= 4 is 20.0 Å². The van der Waals surface area contributed by atoms with Crippen molar-refractivity contribution in [2.45, 2.75) is 32.1 Å². The van der Waals surface area contributed by atoms with Gasteiger partial charge in [-0.2, -0.15) is 0 Å². The lowest BCUT2D eigenvalue weighted by Gasteiger charge is -2.15. The second-order valence-corrected chi connectivity index (χ2v) is 12.9. The minimum absolute atomic E-state index is 0.278. The first-order chi connectivity index (χ1) is 11.7. The Morgan fingerprint density at radius 3 is 1.80 bits per heavy atom. The predicted molar refractivity (Wildman–Crippen MR) is 101 cm³/mol. The summed E-state index contributed by atoms with van der Waals surface area (Å²) in [4.78, 5) is 22.9. The highest BCUT2D eigenvalue weighted by Gasteiger charge is 2.14. The zero-order valence-electron chi connectivity index (χ0n) is 14.9. The van der Waals surface area contributed by atoms with Gasteiger partial charge in [-0.25, -0.2) is 9.59 Å². The van der Waals surface area contributed by atoms with Gasteiger partial charge in [0.05, 0.1) is 17.7 Å². The van der Waals surface area contributed by atoms with Gasteiger partial charge in [0.15, 0.2) is 0 Å². The van der Waals surface area contributed by atoms with E-state index in [0.717, 1.165) is 17.2 Å². The van der Waals surface area contributed by atoms with Gasteiger partial charge in [-0.3, -0.25) is 0 Å². The molecule has 2 aromatic rings. The molecule has 0 aliphatic rings. The fourth-order valence-electron chi connectivity index (χ4n) is 2.29. The molecule has 0 saturated heterocycles. The van der Waals surface area contributed by atoms with E-state index in [2.05, 4.69) is 19.6 Å². The van der Waals surface area contributed by atoms with Crippen LogP contribution in [0.25, 0.3) is 0 Å². The van der Waals surface area contributed by atoms with E-state index in [1.807, 2.05) is 24.3 Å². The van der Waals surface area contributed by atoms with Crippen molar-refractivity contribution in [2.75, 3.05) is 6.61 Å². The molecular formula is C20H24O4Si. The monoisotopic (exact) mass is 356 g/mol. The third kappa shape index (κ3) is 6.19. The van der Waals surface area contributed by atoms with Gasteiger partial charge in [-0.1, -0.05) is 43.9 Å². The number of carboxylic acids is 1. The number of hydrogen-bond acceptors (Lipinski definition) is 3. The lowest BCUT2D eigenvalue weighted by molar-refractivity contribution is 0.0524. The van der Waals surface area contributed by atoms with Crippen LogP contribution in [-0.2, 0) is 11.2 Å². The van der Waals surface area contributed by atoms with E-state index < -0.39 is 14.0 Å². The summed E-state index contributed by atoms with van der Waals surface area (Å²) >= 11 is 0. The van der Waals surface area contributed by atoms with Gasteiger partial charge in [0.1, 0.15) is 0 Å². The Morgan fingerprint density at radius 2 is 1.36 bits per heavy atom. The number of carboxylic acid groups (broad SMARTS) is 1. The van der Waals surface area contributed by atoms with E-state index in [9.17, 15) is 9.59 Å². The van der Waals surface area contributed by atoms with Gasteiger partial charge in [-0.15, -0.1) is 0 Å². The molecule has 4 nitrogen and oxygen atoms in total. The van der Waals surface area contributed by atoms with Crippen molar-refractivity contribution in [2.24, 2.45) is 0 Å². The van der Waals surface area contributed by atoms with Crippen molar-refractivity contribution in [3.05, 3.63) is 70.8 Å². The zero-order chi connectivity index (χ0) is 18.4. The Labute approximate surface area is 149 Å². The molecule has 25 heavy (non-hydrogen) atoms. The Balaban J connectivity index is 1.92. The van der Waals surface area contributed by atoms with Crippen molar-refractivity contribution in [3.8, 4) is 0 Å². The van der Waals surface area contributed by atoms with Crippen LogP contribution in [0.2, 0.25) is 25.7 Å². The van der Waals surface area contributed by atoms with Crippen LogP contribution >= 0.6 is 0 Å². The molecule has 0 aliphatic heterocycles. The molecule has 5 heteroatoms. The third-order valence-electron chi connectivity index (χ3n) is 3.88. The maximum Gasteiger partial charge on any atom is 0.338 e. The normalized spacial score (nSPS) is 11.2. The van der Waals surface area contributed by atoms with Crippen LogP contribution in [0.15, 0.2) is 48.5 Å². The molecule has 0 radical (unpaired) electrons. The van der Waals surface area contributed by atoms with Gasteiger partial charge in [0.2, 0.25) is 0 Å². The van der Waals surface area contributed by atoms with E-state index >= 15 is 0 Å². The summed E-state index contributed by atoms with van der Waals surface area (Å²) in [6, 6.07) is 15.1. The second-order valence-electron chi connectivity index (χ2n) is 7.32. The topological polar surface area (TPSA) is 63.6 Å². The highest BCUT2D eigenvalue weighted by atomic mass is 28.3. The summed E-state index contributed by atoms with van der Waals surface area (Å²) < 4.78 is 5.34. The van der Waals surface area contributed by atoms with E-state index in [1.165, 1.54) is 0 Å². The second kappa shape index (κ2) is 8.12. The molecular weight excluding hydrogens is 332 g/mol. The van der Waals surface area contributed by atoms with Crippen molar-refractivity contribution in [1.29, 1.82) is 0 Å². The molecule has 0 atom stereocenters. The average molecular weight is 356 g/mol. The summed E-state index contributed by atoms with van der Waals surface area (Å²) in [6.07, 6.45) is 0.685. The van der Waals surface area contributed by atoms with Crippen LogP contribution in [0.4, 0.5) is 0 Å². The zero-order valence-corrected chi connectivity index (χ0v) is 15.9. The number of rotatable bonds is 7. The number of ether oxygens (including phenoxy) is 1. The van der Waals surface area contributed by atoms with E-state index in [4.69, 9.17) is 9.84 Å². The Hall–Kier alpha value is -2.40. The van der Waals surface area contributed by atoms with Gasteiger partial charge >= 0.3 is 11.9 Å². The summed E-state index contributed by atoms with van der Waals surface area (Å²) in [5.74, 6) is -1.21. The van der Waals surface area contributed by atoms with Gasteiger partial charge in [0, 0.05) is 8.07 Å². The summed E-state index contributed by atoms with van der Waals surface area (Å²) in [5.41, 5.74) is 2.91. The largest absolute Gasteiger partial charge is 0.478 e. The molecule has 0 aliphatic carbocycles.